The van der Waals surface area contributed by atoms with Crippen LogP contribution in [0.4, 0.5) is 0 Å². The van der Waals surface area contributed by atoms with Crippen LogP contribution in [-0.2, 0) is 4.79 Å². The minimum atomic E-state index is -0.603. The molecule has 0 aromatic heterocycles. The molecule has 3 aromatic carbocycles. The Morgan fingerprint density at radius 1 is 0.839 bits per heavy atom. The maximum atomic E-state index is 12.6. The molecule has 0 heterocycles. The van der Waals surface area contributed by atoms with Crippen LogP contribution in [0.25, 0.3) is 6.08 Å². The first-order chi connectivity index (χ1) is 15.1. The fourth-order valence-corrected chi connectivity index (χ4v) is 2.60. The number of allylic oxidation sites excluding steroid dienone is 2. The summed E-state index contributed by atoms with van der Waals surface area (Å²) in [6.07, 6.45) is 6.30. The van der Waals surface area contributed by atoms with Crippen molar-refractivity contribution in [2.75, 3.05) is 0 Å². The molecule has 0 radical (unpaired) electrons. The van der Waals surface area contributed by atoms with E-state index in [9.17, 15) is 14.7 Å². The van der Waals surface area contributed by atoms with Gasteiger partial charge in [0.15, 0.2) is 0 Å². The van der Waals surface area contributed by atoms with Crippen molar-refractivity contribution in [1.29, 1.82) is 0 Å². The molecule has 3 aromatic rings. The molecule has 0 atom stereocenters. The highest BCUT2D eigenvalue weighted by Gasteiger charge is 2.13. The first kappa shape index (κ1) is 21.3. The average Bonchev–Trinajstić information content (AvgIpc) is 2.81. The number of nitrogens with one attached hydrogen (secondary N) is 2. The number of benzene rings is 3. The zero-order chi connectivity index (χ0) is 21.9. The van der Waals surface area contributed by atoms with Gasteiger partial charge in [-0.2, -0.15) is 5.10 Å². The van der Waals surface area contributed by atoms with Gasteiger partial charge in [-0.25, -0.2) is 5.43 Å². The van der Waals surface area contributed by atoms with E-state index in [0.717, 1.165) is 5.56 Å². The summed E-state index contributed by atoms with van der Waals surface area (Å²) in [4.78, 5) is 25.1. The third-order valence-corrected chi connectivity index (χ3v) is 4.19. The summed E-state index contributed by atoms with van der Waals surface area (Å²) >= 11 is 0. The van der Waals surface area contributed by atoms with Crippen LogP contribution in [-0.4, -0.2) is 23.1 Å². The molecule has 31 heavy (non-hydrogen) atoms. The Balaban J connectivity index is 1.76. The maximum Gasteiger partial charge on any atom is 0.287 e. The minimum absolute atomic E-state index is 0.0236. The van der Waals surface area contributed by atoms with Gasteiger partial charge in [0.2, 0.25) is 0 Å². The molecule has 6 nitrogen and oxygen atoms in total. The fourth-order valence-electron chi connectivity index (χ4n) is 2.60. The van der Waals surface area contributed by atoms with Crippen molar-refractivity contribution in [3.63, 3.8) is 0 Å². The van der Waals surface area contributed by atoms with Gasteiger partial charge in [0.05, 0.1) is 6.21 Å². The monoisotopic (exact) mass is 411 g/mol. The van der Waals surface area contributed by atoms with Crippen molar-refractivity contribution >= 4 is 24.1 Å². The largest absolute Gasteiger partial charge is 0.507 e. The number of carbonyl (C=O) groups excluding carboxylic acids is 2. The van der Waals surface area contributed by atoms with E-state index in [-0.39, 0.29) is 11.4 Å². The van der Waals surface area contributed by atoms with Crippen LogP contribution in [0.5, 0.6) is 5.75 Å². The summed E-state index contributed by atoms with van der Waals surface area (Å²) in [5.41, 5.74) is 4.21. The van der Waals surface area contributed by atoms with Crippen LogP contribution in [0.1, 0.15) is 21.5 Å². The molecule has 0 aliphatic heterocycles. The Kier molecular flexibility index (Phi) is 7.49. The van der Waals surface area contributed by atoms with Gasteiger partial charge in [-0.1, -0.05) is 72.8 Å². The SMILES string of the molecule is O=C(N/N=C/c1ccccc1O)/C(=C/C=C/c1ccccc1)NC(=O)c1ccccc1. The second kappa shape index (κ2) is 10.9. The number of carbonyl (C=O) groups is 2. The van der Waals surface area contributed by atoms with E-state index in [1.54, 1.807) is 54.6 Å². The number of rotatable bonds is 7. The summed E-state index contributed by atoms with van der Waals surface area (Å²) in [7, 11) is 0. The molecule has 3 rings (SSSR count). The Hall–Kier alpha value is -4.45. The summed E-state index contributed by atoms with van der Waals surface area (Å²) in [5, 5.41) is 16.3. The van der Waals surface area contributed by atoms with Crippen LogP contribution in [0.2, 0.25) is 0 Å². The number of para-hydroxylation sites is 1. The highest BCUT2D eigenvalue weighted by atomic mass is 16.3. The summed E-state index contributed by atoms with van der Waals surface area (Å²) in [6.45, 7) is 0. The molecule has 0 aliphatic rings. The van der Waals surface area contributed by atoms with E-state index in [2.05, 4.69) is 15.8 Å². The predicted molar refractivity (Wildman–Crippen MR) is 121 cm³/mol. The molecule has 0 fully saturated rings. The van der Waals surface area contributed by atoms with Gasteiger partial charge in [0, 0.05) is 11.1 Å². The summed E-state index contributed by atoms with van der Waals surface area (Å²) in [5.74, 6) is -0.979. The second-order valence-electron chi connectivity index (χ2n) is 6.43. The van der Waals surface area contributed by atoms with Crippen molar-refractivity contribution in [1.82, 2.24) is 10.7 Å². The Morgan fingerprint density at radius 3 is 2.19 bits per heavy atom. The number of nitrogens with zero attached hydrogens (tertiary/aromatic N) is 1. The lowest BCUT2D eigenvalue weighted by atomic mass is 10.2. The molecular weight excluding hydrogens is 390 g/mol. The summed E-state index contributed by atoms with van der Waals surface area (Å²) in [6, 6.07) is 24.7. The van der Waals surface area contributed by atoms with Crippen LogP contribution >= 0.6 is 0 Å². The highest BCUT2D eigenvalue weighted by molar-refractivity contribution is 6.03. The van der Waals surface area contributed by atoms with Gasteiger partial charge < -0.3 is 10.4 Å². The number of hydrogen-bond donors (Lipinski definition) is 3. The van der Waals surface area contributed by atoms with Crippen molar-refractivity contribution in [3.05, 3.63) is 119 Å². The molecule has 0 bridgehead atoms. The zero-order valence-corrected chi connectivity index (χ0v) is 16.6. The van der Waals surface area contributed by atoms with Crippen LogP contribution in [0.3, 0.4) is 0 Å². The van der Waals surface area contributed by atoms with E-state index in [4.69, 9.17) is 0 Å². The van der Waals surface area contributed by atoms with Gasteiger partial charge in [-0.05, 0) is 35.9 Å². The molecule has 6 heteroatoms. The first-order valence-electron chi connectivity index (χ1n) is 9.55. The Morgan fingerprint density at radius 2 is 1.48 bits per heavy atom. The first-order valence-corrected chi connectivity index (χ1v) is 9.55. The number of phenolic OH excluding ortho intramolecular Hbond substituents is 1. The van der Waals surface area contributed by atoms with Crippen molar-refractivity contribution < 1.29 is 14.7 Å². The quantitative estimate of drug-likeness (QED) is 0.239. The number of aromatic hydroxyl groups is 1. The molecule has 0 unspecified atom stereocenters. The third-order valence-electron chi connectivity index (χ3n) is 4.19. The normalized spacial score (nSPS) is 11.5. The lowest BCUT2D eigenvalue weighted by Gasteiger charge is -2.08. The number of hydrogen-bond acceptors (Lipinski definition) is 4. The lowest BCUT2D eigenvalue weighted by Crippen LogP contribution is -2.32. The Labute approximate surface area is 180 Å². The van der Waals surface area contributed by atoms with Crippen molar-refractivity contribution in [2.45, 2.75) is 0 Å². The van der Waals surface area contributed by atoms with E-state index in [1.165, 1.54) is 18.4 Å². The van der Waals surface area contributed by atoms with Gasteiger partial charge in [-0.3, -0.25) is 9.59 Å². The molecule has 0 saturated carbocycles. The minimum Gasteiger partial charge on any atom is -0.507 e. The molecule has 0 aliphatic carbocycles. The van der Waals surface area contributed by atoms with Crippen LogP contribution in [0.15, 0.2) is 108 Å². The molecular formula is C25H21N3O3. The second-order valence-corrected chi connectivity index (χ2v) is 6.43. The fraction of sp³-hybridized carbons (Fsp3) is 0. The van der Waals surface area contributed by atoms with Crippen molar-refractivity contribution in [3.8, 4) is 5.75 Å². The molecule has 0 spiro atoms. The maximum absolute atomic E-state index is 12.6. The zero-order valence-electron chi connectivity index (χ0n) is 16.6. The van der Waals surface area contributed by atoms with Gasteiger partial charge in [-0.15, -0.1) is 0 Å². The van der Waals surface area contributed by atoms with Gasteiger partial charge >= 0.3 is 0 Å². The number of hydrazone groups is 1. The number of amides is 2. The predicted octanol–water partition coefficient (Wildman–Crippen LogP) is 3.87. The number of phenols is 1. The topological polar surface area (TPSA) is 90.8 Å². The van der Waals surface area contributed by atoms with Gasteiger partial charge in [0.25, 0.3) is 11.8 Å². The molecule has 2 amide bonds. The van der Waals surface area contributed by atoms with Crippen LogP contribution in [0, 0.1) is 0 Å². The standard InChI is InChI=1S/C25H21N3O3/c29-23-17-8-7-15-21(23)18-26-28-25(31)22(16-9-12-19-10-3-1-4-11-19)27-24(30)20-13-5-2-6-14-20/h1-18,29H,(H,27,30)(H,28,31)/b12-9+,22-16-,26-18+. The van der Waals surface area contributed by atoms with E-state index >= 15 is 0 Å². The molecule has 154 valence electrons. The third kappa shape index (κ3) is 6.54. The lowest BCUT2D eigenvalue weighted by molar-refractivity contribution is -0.117. The smallest absolute Gasteiger partial charge is 0.287 e. The highest BCUT2D eigenvalue weighted by Crippen LogP contribution is 2.12. The van der Waals surface area contributed by atoms with E-state index in [0.29, 0.717) is 11.1 Å². The summed E-state index contributed by atoms with van der Waals surface area (Å²) < 4.78 is 0. The average molecular weight is 411 g/mol. The Bertz CT molecular complexity index is 1120. The van der Waals surface area contributed by atoms with Crippen LogP contribution < -0.4 is 10.7 Å². The van der Waals surface area contributed by atoms with E-state index in [1.807, 2.05) is 36.4 Å². The van der Waals surface area contributed by atoms with E-state index < -0.39 is 11.8 Å². The molecule has 0 saturated heterocycles. The molecule has 3 N–H and O–H groups in total. The van der Waals surface area contributed by atoms with Gasteiger partial charge in [0.1, 0.15) is 11.4 Å². The van der Waals surface area contributed by atoms with Crippen molar-refractivity contribution in [2.24, 2.45) is 5.10 Å².